The third kappa shape index (κ3) is 4.56. The molecule has 0 unspecified atom stereocenters. The maximum Gasteiger partial charge on any atom is 0.168 e. The minimum atomic E-state index is 0.0315. The Morgan fingerprint density at radius 2 is 1.84 bits per heavy atom. The molecule has 162 valence electrons. The Labute approximate surface area is 185 Å². The van der Waals surface area contributed by atoms with Gasteiger partial charge in [0.1, 0.15) is 0 Å². The lowest BCUT2D eigenvalue weighted by molar-refractivity contribution is 0.0336. The second-order valence-electron chi connectivity index (χ2n) is 8.02. The van der Waals surface area contributed by atoms with Gasteiger partial charge in [-0.15, -0.1) is 0 Å². The summed E-state index contributed by atoms with van der Waals surface area (Å²) < 4.78 is 7.15. The van der Waals surface area contributed by atoms with E-state index in [4.69, 9.17) is 4.74 Å². The molecule has 0 aromatic carbocycles. The van der Waals surface area contributed by atoms with Crippen LogP contribution >= 0.6 is 0 Å². The third-order valence-electron chi connectivity index (χ3n) is 5.63. The molecule has 4 aromatic rings. The first kappa shape index (κ1) is 20.4. The molecule has 8 nitrogen and oxygen atoms in total. The number of pyridine rings is 3. The molecule has 0 radical (unpaired) electrons. The van der Waals surface area contributed by atoms with Crippen LogP contribution in [0.2, 0.25) is 0 Å². The van der Waals surface area contributed by atoms with Crippen LogP contribution in [0.3, 0.4) is 0 Å². The number of morpholine rings is 1. The number of carbonyl (C=O) groups is 1. The molecule has 1 saturated heterocycles. The highest BCUT2D eigenvalue weighted by molar-refractivity contribution is 5.97. The average Bonchev–Trinajstić information content (AvgIpc) is 3.26. The SMILES string of the molecule is Cn1cc(-c2cc3cc(CC(=O)c4ccnc(CN5CCOCC5)c4)ncc3cn2)cn1. The Bertz CT molecular complexity index is 1260. The summed E-state index contributed by atoms with van der Waals surface area (Å²) in [5.74, 6) is 0.0315. The summed E-state index contributed by atoms with van der Waals surface area (Å²) in [6.45, 7) is 3.98. The van der Waals surface area contributed by atoms with Gasteiger partial charge in [-0.25, -0.2) is 0 Å². The van der Waals surface area contributed by atoms with Gasteiger partial charge in [0.05, 0.1) is 37.2 Å². The number of rotatable bonds is 6. The zero-order chi connectivity index (χ0) is 21.9. The van der Waals surface area contributed by atoms with Crippen LogP contribution in [0.5, 0.6) is 0 Å². The van der Waals surface area contributed by atoms with E-state index in [0.29, 0.717) is 5.56 Å². The van der Waals surface area contributed by atoms with Crippen molar-refractivity contribution >= 4 is 16.6 Å². The molecular formula is C24H24N6O2. The molecular weight excluding hydrogens is 404 g/mol. The second kappa shape index (κ2) is 8.94. The van der Waals surface area contributed by atoms with Crippen LogP contribution in [0.4, 0.5) is 0 Å². The maximum absolute atomic E-state index is 13.0. The van der Waals surface area contributed by atoms with E-state index in [2.05, 4.69) is 25.0 Å². The first-order valence-corrected chi connectivity index (χ1v) is 10.7. The summed E-state index contributed by atoms with van der Waals surface area (Å²) >= 11 is 0. The molecule has 0 amide bonds. The second-order valence-corrected chi connectivity index (χ2v) is 8.02. The van der Waals surface area contributed by atoms with Gasteiger partial charge >= 0.3 is 0 Å². The van der Waals surface area contributed by atoms with Crippen molar-refractivity contribution in [2.45, 2.75) is 13.0 Å². The molecule has 0 bridgehead atoms. The van der Waals surface area contributed by atoms with Gasteiger partial charge in [-0.2, -0.15) is 5.10 Å². The maximum atomic E-state index is 13.0. The molecule has 1 aliphatic heterocycles. The minimum Gasteiger partial charge on any atom is -0.379 e. The van der Waals surface area contributed by atoms with Crippen LogP contribution in [0.25, 0.3) is 22.0 Å². The standard InChI is InChI=1S/C24H24N6O2/c1-29-15-20(14-28-29)23-10-18-9-21(26-12-19(18)13-27-23)11-24(31)17-2-3-25-22(8-17)16-30-4-6-32-7-5-30/h2-3,8-10,12-15H,4-7,11,16H2,1H3. The Morgan fingerprint density at radius 1 is 1.00 bits per heavy atom. The van der Waals surface area contributed by atoms with E-state index >= 15 is 0 Å². The zero-order valence-electron chi connectivity index (χ0n) is 17.9. The first-order valence-electron chi connectivity index (χ1n) is 10.7. The van der Waals surface area contributed by atoms with E-state index in [-0.39, 0.29) is 12.2 Å². The fourth-order valence-electron chi connectivity index (χ4n) is 3.88. The fourth-order valence-corrected chi connectivity index (χ4v) is 3.88. The Hall–Kier alpha value is -3.49. The minimum absolute atomic E-state index is 0.0315. The largest absolute Gasteiger partial charge is 0.379 e. The number of nitrogens with zero attached hydrogens (tertiary/aromatic N) is 6. The predicted molar refractivity (Wildman–Crippen MR) is 120 cm³/mol. The number of aromatic nitrogens is 5. The fraction of sp³-hybridized carbons (Fsp3) is 0.292. The number of ether oxygens (including phenoxy) is 1. The number of aryl methyl sites for hydroxylation is 1. The van der Waals surface area contributed by atoms with Gasteiger partial charge < -0.3 is 4.74 Å². The van der Waals surface area contributed by atoms with Crippen LogP contribution in [-0.2, 0) is 24.8 Å². The summed E-state index contributed by atoms with van der Waals surface area (Å²) in [6, 6.07) is 7.64. The first-order chi connectivity index (χ1) is 15.6. The molecule has 32 heavy (non-hydrogen) atoms. The number of Topliss-reactive ketones (excluding diaryl/α,β-unsaturated/α-hetero) is 1. The van der Waals surface area contributed by atoms with Gasteiger partial charge in [-0.1, -0.05) is 0 Å². The molecule has 0 N–H and O–H groups in total. The van der Waals surface area contributed by atoms with Gasteiger partial charge in [-0.05, 0) is 29.7 Å². The lowest BCUT2D eigenvalue weighted by Crippen LogP contribution is -2.35. The van der Waals surface area contributed by atoms with E-state index in [1.807, 2.05) is 31.4 Å². The zero-order valence-corrected chi connectivity index (χ0v) is 17.9. The summed E-state index contributed by atoms with van der Waals surface area (Å²) in [5, 5.41) is 6.15. The Kier molecular flexibility index (Phi) is 5.70. The van der Waals surface area contributed by atoms with E-state index in [9.17, 15) is 4.79 Å². The average molecular weight is 428 g/mol. The molecule has 8 heteroatoms. The van der Waals surface area contributed by atoms with Crippen molar-refractivity contribution in [2.75, 3.05) is 26.3 Å². The number of ketones is 1. The molecule has 1 fully saturated rings. The quantitative estimate of drug-likeness (QED) is 0.437. The van der Waals surface area contributed by atoms with Crippen LogP contribution in [0, 0.1) is 0 Å². The number of fused-ring (bicyclic) bond motifs is 1. The molecule has 0 saturated carbocycles. The monoisotopic (exact) mass is 428 g/mol. The van der Waals surface area contributed by atoms with Crippen LogP contribution in [0.15, 0.2) is 55.2 Å². The van der Waals surface area contributed by atoms with Gasteiger partial charge in [0.15, 0.2) is 5.78 Å². The van der Waals surface area contributed by atoms with Crippen molar-refractivity contribution in [3.05, 3.63) is 72.2 Å². The normalized spacial score (nSPS) is 14.7. The number of carbonyl (C=O) groups excluding carboxylic acids is 1. The highest BCUT2D eigenvalue weighted by atomic mass is 16.5. The molecule has 1 aliphatic rings. The molecule has 5 rings (SSSR count). The van der Waals surface area contributed by atoms with Crippen molar-refractivity contribution in [3.8, 4) is 11.3 Å². The topological polar surface area (TPSA) is 86.0 Å². The van der Waals surface area contributed by atoms with Crippen LogP contribution in [-0.4, -0.2) is 61.7 Å². The smallest absolute Gasteiger partial charge is 0.168 e. The number of hydrogen-bond donors (Lipinski definition) is 0. The van der Waals surface area contributed by atoms with Crippen molar-refractivity contribution in [1.29, 1.82) is 0 Å². The lowest BCUT2D eigenvalue weighted by Gasteiger charge is -2.26. The third-order valence-corrected chi connectivity index (χ3v) is 5.63. The number of hydrogen-bond acceptors (Lipinski definition) is 7. The summed E-state index contributed by atoms with van der Waals surface area (Å²) in [5.41, 5.74) is 4.09. The summed E-state index contributed by atoms with van der Waals surface area (Å²) in [7, 11) is 1.88. The van der Waals surface area contributed by atoms with Gasteiger partial charge in [-0.3, -0.25) is 29.3 Å². The van der Waals surface area contributed by atoms with Crippen LogP contribution in [0.1, 0.15) is 21.7 Å². The Morgan fingerprint density at radius 3 is 2.66 bits per heavy atom. The summed E-state index contributed by atoms with van der Waals surface area (Å²) in [4.78, 5) is 28.7. The predicted octanol–water partition coefficient (Wildman–Crippen LogP) is 2.68. The van der Waals surface area contributed by atoms with Gasteiger partial charge in [0.2, 0.25) is 0 Å². The molecule has 4 aromatic heterocycles. The molecule has 5 heterocycles. The summed E-state index contributed by atoms with van der Waals surface area (Å²) in [6.07, 6.45) is 9.24. The van der Waals surface area contributed by atoms with E-state index in [0.717, 1.165) is 66.3 Å². The van der Waals surface area contributed by atoms with E-state index in [1.165, 1.54) is 0 Å². The molecule has 0 aliphatic carbocycles. The highest BCUT2D eigenvalue weighted by Crippen LogP contribution is 2.22. The van der Waals surface area contributed by atoms with Crippen molar-refractivity contribution < 1.29 is 9.53 Å². The van der Waals surface area contributed by atoms with Gasteiger partial charge in [0.25, 0.3) is 0 Å². The molecule has 0 atom stereocenters. The lowest BCUT2D eigenvalue weighted by atomic mass is 10.0. The highest BCUT2D eigenvalue weighted by Gasteiger charge is 2.14. The molecule has 0 spiro atoms. The Balaban J connectivity index is 1.33. The van der Waals surface area contributed by atoms with Crippen molar-refractivity contribution in [2.24, 2.45) is 7.05 Å². The van der Waals surface area contributed by atoms with Gasteiger partial charge in [0, 0.05) is 73.7 Å². The van der Waals surface area contributed by atoms with Crippen LogP contribution < -0.4 is 0 Å². The van der Waals surface area contributed by atoms with Crippen molar-refractivity contribution in [3.63, 3.8) is 0 Å². The van der Waals surface area contributed by atoms with E-state index < -0.39 is 0 Å². The van der Waals surface area contributed by atoms with E-state index in [1.54, 1.807) is 35.5 Å². The van der Waals surface area contributed by atoms with Crippen molar-refractivity contribution in [1.82, 2.24) is 29.6 Å².